The molecule has 0 radical (unpaired) electrons. The highest BCUT2D eigenvalue weighted by Gasteiger charge is 2.62. The number of carbonyl (C=O) groups excluding carboxylic acids is 3. The molecule has 1 aromatic rings. The van der Waals surface area contributed by atoms with Crippen LogP contribution in [0.1, 0.15) is 33.3 Å². The number of nitrogens with one attached hydrogen (secondary N) is 1. The highest BCUT2D eigenvalue weighted by atomic mass is 16.6. The first-order valence-corrected chi connectivity index (χ1v) is 9.35. The summed E-state index contributed by atoms with van der Waals surface area (Å²) in [4.78, 5) is 39.7. The number of hydrogen-bond acceptors (Lipinski definition) is 7. The zero-order valence-electron chi connectivity index (χ0n) is 17.3. The number of para-hydroxylation sites is 1. The number of carbonyl (C=O) groups is 3. The summed E-state index contributed by atoms with van der Waals surface area (Å²) in [7, 11) is 0. The predicted molar refractivity (Wildman–Crippen MR) is 109 cm³/mol. The Morgan fingerprint density at radius 2 is 1.90 bits per heavy atom. The number of benzene rings is 1. The van der Waals surface area contributed by atoms with Gasteiger partial charge in [-0.05, 0) is 33.8 Å². The van der Waals surface area contributed by atoms with Gasteiger partial charge in [-0.1, -0.05) is 30.9 Å². The molecular formula is C22H24N2O6. The molecule has 0 aliphatic carbocycles. The fourth-order valence-electron chi connectivity index (χ4n) is 3.68. The summed E-state index contributed by atoms with van der Waals surface area (Å²) in [5.41, 5.74) is 3.77. The maximum Gasteiger partial charge on any atom is 0.341 e. The van der Waals surface area contributed by atoms with Crippen molar-refractivity contribution < 1.29 is 28.6 Å². The Labute approximate surface area is 174 Å². The van der Waals surface area contributed by atoms with E-state index in [0.29, 0.717) is 11.3 Å². The molecule has 1 atom stereocenters. The van der Waals surface area contributed by atoms with Gasteiger partial charge in [0, 0.05) is 11.3 Å². The second-order valence-corrected chi connectivity index (χ2v) is 7.91. The van der Waals surface area contributed by atoms with Gasteiger partial charge in [0.25, 0.3) is 0 Å². The average Bonchev–Trinajstić information content (AvgIpc) is 2.90. The summed E-state index contributed by atoms with van der Waals surface area (Å²) in [6.07, 6.45) is 1.38. The molecule has 3 rings (SSSR count). The van der Waals surface area contributed by atoms with Crippen LogP contribution in [-0.4, -0.2) is 30.1 Å². The van der Waals surface area contributed by atoms with Crippen molar-refractivity contribution in [3.63, 3.8) is 0 Å². The van der Waals surface area contributed by atoms with Crippen LogP contribution >= 0.6 is 0 Å². The molecule has 158 valence electrons. The summed E-state index contributed by atoms with van der Waals surface area (Å²) in [6.45, 7) is 9.99. The summed E-state index contributed by atoms with van der Waals surface area (Å²) in [5, 5.41) is 2.73. The van der Waals surface area contributed by atoms with Crippen LogP contribution in [0.2, 0.25) is 0 Å². The van der Waals surface area contributed by atoms with Crippen molar-refractivity contribution in [2.24, 2.45) is 5.73 Å². The van der Waals surface area contributed by atoms with Crippen molar-refractivity contribution in [3.05, 3.63) is 65.3 Å². The zero-order valence-corrected chi connectivity index (χ0v) is 17.3. The Morgan fingerprint density at radius 1 is 1.23 bits per heavy atom. The molecule has 0 aromatic heterocycles. The molecule has 2 aliphatic rings. The first-order chi connectivity index (χ1) is 14.0. The average molecular weight is 412 g/mol. The van der Waals surface area contributed by atoms with E-state index >= 15 is 0 Å². The molecule has 0 fully saturated rings. The molecule has 2 aliphatic heterocycles. The van der Waals surface area contributed by atoms with Gasteiger partial charge in [0.2, 0.25) is 11.8 Å². The zero-order chi connectivity index (χ0) is 22.3. The maximum atomic E-state index is 13.4. The van der Waals surface area contributed by atoms with Gasteiger partial charge in [-0.2, -0.15) is 0 Å². The number of ether oxygens (including phenoxy) is 3. The van der Waals surface area contributed by atoms with E-state index in [1.807, 2.05) is 0 Å². The maximum absolute atomic E-state index is 13.4. The number of esters is 2. The molecule has 8 heteroatoms. The second kappa shape index (κ2) is 7.37. The smallest absolute Gasteiger partial charge is 0.341 e. The highest BCUT2D eigenvalue weighted by molar-refractivity contribution is 6.21. The summed E-state index contributed by atoms with van der Waals surface area (Å²) >= 11 is 0. The minimum Gasteiger partial charge on any atom is -0.458 e. The quantitative estimate of drug-likeness (QED) is 0.576. The number of rotatable bonds is 4. The number of nitrogens with two attached hydrogens (primary N) is 1. The van der Waals surface area contributed by atoms with Gasteiger partial charge in [-0.25, -0.2) is 9.59 Å². The Balaban J connectivity index is 2.32. The molecule has 30 heavy (non-hydrogen) atoms. The predicted octanol–water partition coefficient (Wildman–Crippen LogP) is 2.42. The van der Waals surface area contributed by atoms with Crippen molar-refractivity contribution in [1.82, 2.24) is 0 Å². The second-order valence-electron chi connectivity index (χ2n) is 7.91. The normalized spacial score (nSPS) is 20.5. The van der Waals surface area contributed by atoms with Crippen LogP contribution in [0.15, 0.2) is 59.7 Å². The Morgan fingerprint density at radius 3 is 2.53 bits per heavy atom. The van der Waals surface area contributed by atoms with Gasteiger partial charge >= 0.3 is 11.9 Å². The molecule has 1 aromatic carbocycles. The fraction of sp³-hybridized carbons (Fsp3) is 0.318. The van der Waals surface area contributed by atoms with Crippen LogP contribution in [-0.2, 0) is 34.0 Å². The van der Waals surface area contributed by atoms with Gasteiger partial charge < -0.3 is 25.3 Å². The standard InChI is InChI=1S/C22H24N2O6/c1-6-11-28-18(25)16-17(23)29-12(2)15(19(26)30-21(3,4)5)22(16)13-9-7-8-10-14(13)24-20(22)27/h6-10H,1,11,23H2,2-5H3,(H,24,27)/t22-/m1/s1. The fourth-order valence-corrected chi connectivity index (χ4v) is 3.68. The summed E-state index contributed by atoms with van der Waals surface area (Å²) in [5.74, 6) is -2.57. The van der Waals surface area contributed by atoms with E-state index in [-0.39, 0.29) is 29.4 Å². The van der Waals surface area contributed by atoms with E-state index in [1.165, 1.54) is 13.0 Å². The lowest BCUT2D eigenvalue weighted by Gasteiger charge is -2.36. The van der Waals surface area contributed by atoms with Crippen molar-refractivity contribution >= 4 is 23.5 Å². The van der Waals surface area contributed by atoms with E-state index in [4.69, 9.17) is 19.9 Å². The molecule has 0 bridgehead atoms. The van der Waals surface area contributed by atoms with Crippen molar-refractivity contribution in [2.75, 3.05) is 11.9 Å². The lowest BCUT2D eigenvalue weighted by Crippen LogP contribution is -2.49. The van der Waals surface area contributed by atoms with Crippen LogP contribution in [0.25, 0.3) is 0 Å². The monoisotopic (exact) mass is 412 g/mol. The van der Waals surface area contributed by atoms with Crippen LogP contribution in [0, 0.1) is 0 Å². The van der Waals surface area contributed by atoms with E-state index in [1.54, 1.807) is 45.0 Å². The number of hydrogen-bond donors (Lipinski definition) is 2. The van der Waals surface area contributed by atoms with Gasteiger partial charge in [-0.15, -0.1) is 0 Å². The molecule has 3 N–H and O–H groups in total. The van der Waals surface area contributed by atoms with Crippen molar-refractivity contribution in [1.29, 1.82) is 0 Å². The number of fused-ring (bicyclic) bond motifs is 2. The Bertz CT molecular complexity index is 1010. The number of allylic oxidation sites excluding steroid dienone is 1. The highest BCUT2D eigenvalue weighted by Crippen LogP contribution is 2.52. The van der Waals surface area contributed by atoms with Crippen LogP contribution < -0.4 is 11.1 Å². The SMILES string of the molecule is C=CCOC(=O)C1=C(N)OC(C)=C(C(=O)OC(C)(C)C)[C@@]12C(=O)Nc1ccccc12. The third-order valence-corrected chi connectivity index (χ3v) is 4.67. The molecule has 0 saturated heterocycles. The van der Waals surface area contributed by atoms with E-state index in [2.05, 4.69) is 11.9 Å². The molecule has 8 nitrogen and oxygen atoms in total. The summed E-state index contributed by atoms with van der Waals surface area (Å²) in [6, 6.07) is 6.73. The topological polar surface area (TPSA) is 117 Å². The van der Waals surface area contributed by atoms with Crippen LogP contribution in [0.4, 0.5) is 5.69 Å². The molecule has 1 spiro atoms. The van der Waals surface area contributed by atoms with E-state index < -0.39 is 28.9 Å². The minimum atomic E-state index is -1.87. The van der Waals surface area contributed by atoms with Crippen LogP contribution in [0.5, 0.6) is 0 Å². The first-order valence-electron chi connectivity index (χ1n) is 9.35. The lowest BCUT2D eigenvalue weighted by molar-refractivity contribution is -0.152. The van der Waals surface area contributed by atoms with Gasteiger partial charge in [0.15, 0.2) is 0 Å². The van der Waals surface area contributed by atoms with Crippen molar-refractivity contribution in [2.45, 2.75) is 38.7 Å². The largest absolute Gasteiger partial charge is 0.458 e. The van der Waals surface area contributed by atoms with Gasteiger partial charge in [0.05, 0.1) is 0 Å². The molecule has 0 unspecified atom stereocenters. The molecular weight excluding hydrogens is 388 g/mol. The third kappa shape index (κ3) is 3.24. The van der Waals surface area contributed by atoms with Gasteiger partial charge in [-0.3, -0.25) is 4.79 Å². The molecule has 2 heterocycles. The van der Waals surface area contributed by atoms with Crippen LogP contribution in [0.3, 0.4) is 0 Å². The first kappa shape index (κ1) is 21.2. The molecule has 0 saturated carbocycles. The lowest BCUT2D eigenvalue weighted by atomic mass is 9.67. The van der Waals surface area contributed by atoms with E-state index in [0.717, 1.165) is 0 Å². The Hall–Kier alpha value is -3.55. The summed E-state index contributed by atoms with van der Waals surface area (Å²) < 4.78 is 16.3. The van der Waals surface area contributed by atoms with E-state index in [9.17, 15) is 14.4 Å². The minimum absolute atomic E-state index is 0.0638. The van der Waals surface area contributed by atoms with Crippen molar-refractivity contribution in [3.8, 4) is 0 Å². The number of anilines is 1. The Kier molecular flexibility index (Phi) is 5.20. The number of amides is 1. The van der Waals surface area contributed by atoms with Gasteiger partial charge in [0.1, 0.15) is 34.5 Å². The molecule has 1 amide bonds. The third-order valence-electron chi connectivity index (χ3n) is 4.67.